The first-order chi connectivity index (χ1) is 9.13. The zero-order valence-electron chi connectivity index (χ0n) is 10.9. The lowest BCUT2D eigenvalue weighted by molar-refractivity contribution is -0.144. The first kappa shape index (κ1) is 13.5. The summed E-state index contributed by atoms with van der Waals surface area (Å²) in [5, 5.41) is 0. The third-order valence-corrected chi connectivity index (χ3v) is 3.28. The molecule has 1 fully saturated rings. The van der Waals surface area contributed by atoms with E-state index >= 15 is 0 Å². The maximum atomic E-state index is 12.1. The number of para-hydroxylation sites is 1. The molecule has 102 valence electrons. The van der Waals surface area contributed by atoms with Crippen molar-refractivity contribution in [3.8, 4) is 0 Å². The molecule has 1 saturated heterocycles. The van der Waals surface area contributed by atoms with E-state index in [2.05, 4.69) is 0 Å². The van der Waals surface area contributed by atoms with Crippen LogP contribution < -0.4 is 10.6 Å². The normalized spacial score (nSPS) is 22.6. The van der Waals surface area contributed by atoms with Crippen LogP contribution in [0.3, 0.4) is 0 Å². The molecule has 0 saturated carbocycles. The van der Waals surface area contributed by atoms with Gasteiger partial charge in [-0.3, -0.25) is 9.59 Å². The van der Waals surface area contributed by atoms with E-state index in [1.807, 2.05) is 30.3 Å². The Labute approximate surface area is 112 Å². The molecular weight excluding hydrogens is 244 g/mol. The van der Waals surface area contributed by atoms with Crippen molar-refractivity contribution in [2.45, 2.75) is 19.4 Å². The third kappa shape index (κ3) is 2.93. The van der Waals surface area contributed by atoms with Gasteiger partial charge in [0.15, 0.2) is 0 Å². The predicted octanol–water partition coefficient (Wildman–Crippen LogP) is 0.930. The van der Waals surface area contributed by atoms with Gasteiger partial charge >= 0.3 is 5.97 Å². The van der Waals surface area contributed by atoms with Gasteiger partial charge in [0.1, 0.15) is 0 Å². The molecule has 2 rings (SSSR count). The Morgan fingerprint density at radius 3 is 2.74 bits per heavy atom. The maximum absolute atomic E-state index is 12.1. The lowest BCUT2D eigenvalue weighted by atomic mass is 10.0. The van der Waals surface area contributed by atoms with Crippen molar-refractivity contribution in [3.63, 3.8) is 0 Å². The summed E-state index contributed by atoms with van der Waals surface area (Å²) >= 11 is 0. The highest BCUT2D eigenvalue weighted by Crippen LogP contribution is 2.26. The number of carbonyl (C=O) groups is 2. The Kier molecular flexibility index (Phi) is 4.16. The fourth-order valence-corrected chi connectivity index (χ4v) is 2.29. The first-order valence-electron chi connectivity index (χ1n) is 6.41. The summed E-state index contributed by atoms with van der Waals surface area (Å²) in [5.74, 6) is -0.627. The van der Waals surface area contributed by atoms with Crippen LogP contribution in [0.4, 0.5) is 5.69 Å². The molecule has 5 nitrogen and oxygen atoms in total. The number of carbonyl (C=O) groups excluding carboxylic acids is 2. The zero-order valence-corrected chi connectivity index (χ0v) is 10.9. The lowest BCUT2D eigenvalue weighted by Crippen LogP contribution is -2.36. The van der Waals surface area contributed by atoms with E-state index in [9.17, 15) is 9.59 Å². The molecule has 5 heteroatoms. The van der Waals surface area contributed by atoms with Crippen LogP contribution in [0.25, 0.3) is 0 Å². The van der Waals surface area contributed by atoms with Crippen LogP contribution in [0.2, 0.25) is 0 Å². The summed E-state index contributed by atoms with van der Waals surface area (Å²) in [4.78, 5) is 25.2. The van der Waals surface area contributed by atoms with Gasteiger partial charge < -0.3 is 15.4 Å². The van der Waals surface area contributed by atoms with Crippen molar-refractivity contribution in [2.24, 2.45) is 11.7 Å². The number of anilines is 1. The van der Waals surface area contributed by atoms with Crippen molar-refractivity contribution in [1.29, 1.82) is 0 Å². The van der Waals surface area contributed by atoms with Crippen LogP contribution in [0.15, 0.2) is 30.3 Å². The first-order valence-corrected chi connectivity index (χ1v) is 6.41. The molecule has 1 aromatic carbocycles. The molecule has 0 aliphatic carbocycles. The van der Waals surface area contributed by atoms with Crippen LogP contribution in [0.5, 0.6) is 0 Å². The highest BCUT2D eigenvalue weighted by molar-refractivity contribution is 6.00. The third-order valence-electron chi connectivity index (χ3n) is 3.28. The summed E-state index contributed by atoms with van der Waals surface area (Å²) in [6.07, 6.45) is 0.185. The monoisotopic (exact) mass is 262 g/mol. The van der Waals surface area contributed by atoms with E-state index in [1.54, 1.807) is 11.8 Å². The maximum Gasteiger partial charge on any atom is 0.306 e. The molecule has 1 amide bonds. The molecule has 0 radical (unpaired) electrons. The molecule has 2 N–H and O–H groups in total. The quantitative estimate of drug-likeness (QED) is 0.819. The SMILES string of the molecule is CCOC(=O)C[C@H]1CN(c2ccccc2)C(=O)[C@H]1N. The molecule has 0 bridgehead atoms. The average Bonchev–Trinajstić information content (AvgIpc) is 2.68. The fourth-order valence-electron chi connectivity index (χ4n) is 2.29. The van der Waals surface area contributed by atoms with Crippen molar-refractivity contribution >= 4 is 17.6 Å². The van der Waals surface area contributed by atoms with Crippen molar-refractivity contribution in [1.82, 2.24) is 0 Å². The van der Waals surface area contributed by atoms with Gasteiger partial charge in [0.2, 0.25) is 5.91 Å². The molecule has 1 heterocycles. The van der Waals surface area contributed by atoms with Gasteiger partial charge in [-0.1, -0.05) is 18.2 Å². The Hall–Kier alpha value is -1.88. The van der Waals surface area contributed by atoms with Crippen molar-refractivity contribution < 1.29 is 14.3 Å². The van der Waals surface area contributed by atoms with E-state index in [-0.39, 0.29) is 24.2 Å². The number of hydrogen-bond donors (Lipinski definition) is 1. The van der Waals surface area contributed by atoms with Crippen LogP contribution in [-0.4, -0.2) is 31.1 Å². The van der Waals surface area contributed by atoms with E-state index < -0.39 is 6.04 Å². The van der Waals surface area contributed by atoms with Crippen molar-refractivity contribution in [3.05, 3.63) is 30.3 Å². The van der Waals surface area contributed by atoms with Crippen LogP contribution in [-0.2, 0) is 14.3 Å². The molecule has 0 spiro atoms. The second-order valence-corrected chi connectivity index (χ2v) is 4.58. The summed E-state index contributed by atoms with van der Waals surface area (Å²) in [6.45, 7) is 2.56. The highest BCUT2D eigenvalue weighted by atomic mass is 16.5. The molecule has 1 aliphatic heterocycles. The van der Waals surface area contributed by atoms with Gasteiger partial charge in [0.05, 0.1) is 19.1 Å². The number of nitrogens with zero attached hydrogens (tertiary/aromatic N) is 1. The molecule has 0 unspecified atom stereocenters. The Morgan fingerprint density at radius 1 is 1.42 bits per heavy atom. The molecule has 0 aromatic heterocycles. The number of benzene rings is 1. The number of rotatable bonds is 4. The van der Waals surface area contributed by atoms with E-state index in [0.29, 0.717) is 13.2 Å². The molecule has 19 heavy (non-hydrogen) atoms. The topological polar surface area (TPSA) is 72.6 Å². The fraction of sp³-hybridized carbons (Fsp3) is 0.429. The van der Waals surface area contributed by atoms with E-state index in [4.69, 9.17) is 10.5 Å². The zero-order chi connectivity index (χ0) is 13.8. The lowest BCUT2D eigenvalue weighted by Gasteiger charge is -2.16. The van der Waals surface area contributed by atoms with E-state index in [0.717, 1.165) is 5.69 Å². The van der Waals surface area contributed by atoms with E-state index in [1.165, 1.54) is 0 Å². The second kappa shape index (κ2) is 5.84. The number of ether oxygens (including phenoxy) is 1. The summed E-state index contributed by atoms with van der Waals surface area (Å²) in [5.41, 5.74) is 6.71. The number of nitrogens with two attached hydrogens (primary N) is 1. The Balaban J connectivity index is 2.07. The standard InChI is InChI=1S/C14H18N2O3/c1-2-19-12(17)8-10-9-16(14(18)13(10)15)11-6-4-3-5-7-11/h3-7,10,13H,2,8-9,15H2,1H3/t10-,13-/m0/s1. The second-order valence-electron chi connectivity index (χ2n) is 4.58. The highest BCUT2D eigenvalue weighted by Gasteiger charge is 2.39. The Morgan fingerprint density at radius 2 is 2.11 bits per heavy atom. The number of amides is 1. The van der Waals surface area contributed by atoms with Crippen LogP contribution >= 0.6 is 0 Å². The molecule has 1 aliphatic rings. The van der Waals surface area contributed by atoms with Gasteiger partial charge in [0, 0.05) is 18.2 Å². The number of hydrogen-bond acceptors (Lipinski definition) is 4. The largest absolute Gasteiger partial charge is 0.466 e. The number of esters is 1. The van der Waals surface area contributed by atoms with Crippen molar-refractivity contribution in [2.75, 3.05) is 18.1 Å². The minimum absolute atomic E-state index is 0.138. The summed E-state index contributed by atoms with van der Waals surface area (Å²) in [7, 11) is 0. The van der Waals surface area contributed by atoms with Gasteiger partial charge in [-0.15, -0.1) is 0 Å². The summed E-state index contributed by atoms with van der Waals surface area (Å²) in [6, 6.07) is 8.71. The average molecular weight is 262 g/mol. The van der Waals surface area contributed by atoms with Gasteiger partial charge in [0.25, 0.3) is 0 Å². The molecule has 1 aromatic rings. The Bertz CT molecular complexity index is 461. The molecule has 2 atom stereocenters. The minimum atomic E-state index is -0.635. The van der Waals surface area contributed by atoms with Gasteiger partial charge in [-0.2, -0.15) is 0 Å². The smallest absolute Gasteiger partial charge is 0.306 e. The van der Waals surface area contributed by atoms with Gasteiger partial charge in [-0.25, -0.2) is 0 Å². The van der Waals surface area contributed by atoms with Crippen LogP contribution in [0.1, 0.15) is 13.3 Å². The predicted molar refractivity (Wildman–Crippen MR) is 71.5 cm³/mol. The van der Waals surface area contributed by atoms with Crippen LogP contribution in [0, 0.1) is 5.92 Å². The minimum Gasteiger partial charge on any atom is -0.466 e. The summed E-state index contributed by atoms with van der Waals surface area (Å²) < 4.78 is 4.90. The van der Waals surface area contributed by atoms with Gasteiger partial charge in [-0.05, 0) is 19.1 Å². The molecular formula is C14H18N2O3.